The fourth-order valence-electron chi connectivity index (χ4n) is 6.00. The summed E-state index contributed by atoms with van der Waals surface area (Å²) in [6.45, 7) is 2.31. The Morgan fingerprint density at radius 1 is 0.724 bits per heavy atom. The monoisotopic (exact) mass is 392 g/mol. The lowest BCUT2D eigenvalue weighted by atomic mass is 9.63. The van der Waals surface area contributed by atoms with Gasteiger partial charge in [0.1, 0.15) is 5.82 Å². The van der Waals surface area contributed by atoms with Gasteiger partial charge in [-0.15, -0.1) is 0 Å². The largest absolute Gasteiger partial charge is 0.207 e. The fourth-order valence-corrected chi connectivity index (χ4v) is 6.00. The minimum atomic E-state index is -0.169. The summed E-state index contributed by atoms with van der Waals surface area (Å²) in [4.78, 5) is 0. The Morgan fingerprint density at radius 3 is 2.10 bits per heavy atom. The molecule has 0 N–H and O–H groups in total. The zero-order valence-corrected chi connectivity index (χ0v) is 18.1. The van der Waals surface area contributed by atoms with Gasteiger partial charge in [0, 0.05) is 0 Å². The van der Waals surface area contributed by atoms with Crippen LogP contribution in [0.1, 0.15) is 89.0 Å². The van der Waals surface area contributed by atoms with Crippen LogP contribution in [-0.4, -0.2) is 0 Å². The van der Waals surface area contributed by atoms with E-state index in [1.54, 1.807) is 12.1 Å². The molecule has 0 saturated heterocycles. The molecule has 0 heterocycles. The van der Waals surface area contributed by atoms with Crippen LogP contribution in [0.3, 0.4) is 0 Å². The van der Waals surface area contributed by atoms with Crippen LogP contribution in [0.15, 0.2) is 48.5 Å². The third kappa shape index (κ3) is 5.30. The Hall–Kier alpha value is -1.63. The van der Waals surface area contributed by atoms with Gasteiger partial charge in [-0.05, 0) is 84.6 Å². The fraction of sp³-hybridized carbons (Fsp3) is 0.571. The number of benzene rings is 2. The first-order chi connectivity index (χ1) is 14.2. The van der Waals surface area contributed by atoms with Crippen LogP contribution in [0.5, 0.6) is 0 Å². The maximum absolute atomic E-state index is 13.2. The second-order valence-corrected chi connectivity index (χ2v) is 9.69. The molecule has 0 aromatic heterocycles. The lowest BCUT2D eigenvalue weighted by Crippen LogP contribution is -2.30. The molecule has 0 aliphatic heterocycles. The van der Waals surface area contributed by atoms with E-state index in [9.17, 15) is 4.39 Å². The molecule has 0 spiro atoms. The van der Waals surface area contributed by atoms with Gasteiger partial charge in [0.15, 0.2) is 0 Å². The predicted octanol–water partition coefficient (Wildman–Crippen LogP) is 8.76. The quantitative estimate of drug-likeness (QED) is 0.413. The van der Waals surface area contributed by atoms with E-state index in [0.29, 0.717) is 0 Å². The van der Waals surface area contributed by atoms with Crippen molar-refractivity contribution in [2.75, 3.05) is 0 Å². The minimum absolute atomic E-state index is 0.169. The van der Waals surface area contributed by atoms with E-state index in [2.05, 4.69) is 31.2 Å². The Bertz CT molecular complexity index is 745. The van der Waals surface area contributed by atoms with Crippen LogP contribution in [0.25, 0.3) is 11.1 Å². The zero-order chi connectivity index (χ0) is 20.1. The molecule has 156 valence electrons. The van der Waals surface area contributed by atoms with Crippen molar-refractivity contribution in [2.45, 2.75) is 83.5 Å². The van der Waals surface area contributed by atoms with Crippen LogP contribution in [0.4, 0.5) is 4.39 Å². The average molecular weight is 393 g/mol. The van der Waals surface area contributed by atoms with Crippen molar-refractivity contribution in [1.29, 1.82) is 0 Å². The second-order valence-electron chi connectivity index (χ2n) is 9.69. The molecule has 1 heteroatoms. The SMILES string of the molecule is CCCCCCC1CCC2CC(c3ccc(-c4ccc(F)cc4)cc3)CCC2C1. The number of unbranched alkanes of at least 4 members (excludes halogenated alkanes) is 3. The summed E-state index contributed by atoms with van der Waals surface area (Å²) in [5.74, 6) is 3.53. The average Bonchev–Trinajstić information content (AvgIpc) is 2.77. The molecule has 2 fully saturated rings. The van der Waals surface area contributed by atoms with Gasteiger partial charge < -0.3 is 0 Å². The first kappa shape index (κ1) is 20.6. The summed E-state index contributed by atoms with van der Waals surface area (Å²) < 4.78 is 13.2. The standard InChI is InChI=1S/C28H37F/c1-2-3-4-5-6-21-7-8-27-20-26(14-13-25(27)19-21)24-11-9-22(10-12-24)23-15-17-28(29)18-16-23/h9-12,15-18,21,25-27H,2-8,13-14,19-20H2,1H3. The van der Waals surface area contributed by atoms with Crippen LogP contribution in [0, 0.1) is 23.6 Å². The molecule has 2 aliphatic carbocycles. The third-order valence-corrected chi connectivity index (χ3v) is 7.75. The van der Waals surface area contributed by atoms with Gasteiger partial charge in [-0.1, -0.05) is 81.8 Å². The number of hydrogen-bond acceptors (Lipinski definition) is 0. The van der Waals surface area contributed by atoms with Gasteiger partial charge in [-0.3, -0.25) is 0 Å². The van der Waals surface area contributed by atoms with E-state index in [1.165, 1.54) is 81.8 Å². The van der Waals surface area contributed by atoms with Crippen molar-refractivity contribution in [1.82, 2.24) is 0 Å². The van der Waals surface area contributed by atoms with Crippen LogP contribution in [0.2, 0.25) is 0 Å². The Labute approximate surface area is 176 Å². The molecule has 2 saturated carbocycles. The van der Waals surface area contributed by atoms with Gasteiger partial charge in [-0.25, -0.2) is 4.39 Å². The summed E-state index contributed by atoms with van der Waals surface area (Å²) in [5.41, 5.74) is 3.79. The zero-order valence-electron chi connectivity index (χ0n) is 18.1. The normalized spacial score (nSPS) is 26.8. The lowest BCUT2D eigenvalue weighted by molar-refractivity contribution is 0.113. The van der Waals surface area contributed by atoms with Gasteiger partial charge in [0.05, 0.1) is 0 Å². The molecule has 29 heavy (non-hydrogen) atoms. The number of fused-ring (bicyclic) bond motifs is 1. The predicted molar refractivity (Wildman–Crippen MR) is 122 cm³/mol. The highest BCUT2D eigenvalue weighted by Crippen LogP contribution is 2.48. The lowest BCUT2D eigenvalue weighted by Gasteiger charge is -2.42. The summed E-state index contributed by atoms with van der Waals surface area (Å²) in [6, 6.07) is 15.9. The van der Waals surface area contributed by atoms with Crippen LogP contribution in [-0.2, 0) is 0 Å². The molecule has 2 aromatic carbocycles. The molecule has 4 atom stereocenters. The molecule has 2 aliphatic rings. The number of halogens is 1. The smallest absolute Gasteiger partial charge is 0.123 e. The second kappa shape index (κ2) is 9.92. The number of rotatable bonds is 7. The van der Waals surface area contributed by atoms with Crippen LogP contribution >= 0.6 is 0 Å². The molecule has 0 radical (unpaired) electrons. The molecular formula is C28H37F. The Morgan fingerprint density at radius 2 is 1.38 bits per heavy atom. The highest BCUT2D eigenvalue weighted by atomic mass is 19.1. The van der Waals surface area contributed by atoms with E-state index in [-0.39, 0.29) is 5.82 Å². The van der Waals surface area contributed by atoms with Crippen molar-refractivity contribution in [2.24, 2.45) is 17.8 Å². The van der Waals surface area contributed by atoms with E-state index in [0.717, 1.165) is 29.2 Å². The molecule has 4 unspecified atom stereocenters. The van der Waals surface area contributed by atoms with Gasteiger partial charge in [0.2, 0.25) is 0 Å². The Balaban J connectivity index is 1.30. The third-order valence-electron chi connectivity index (χ3n) is 7.75. The van der Waals surface area contributed by atoms with Crippen molar-refractivity contribution < 1.29 is 4.39 Å². The van der Waals surface area contributed by atoms with Gasteiger partial charge in [-0.2, -0.15) is 0 Å². The van der Waals surface area contributed by atoms with Crippen molar-refractivity contribution >= 4 is 0 Å². The van der Waals surface area contributed by atoms with Crippen molar-refractivity contribution in [3.63, 3.8) is 0 Å². The van der Waals surface area contributed by atoms with Gasteiger partial charge in [0.25, 0.3) is 0 Å². The molecule has 2 aromatic rings. The maximum atomic E-state index is 13.2. The summed E-state index contributed by atoms with van der Waals surface area (Å²) >= 11 is 0. The molecular weight excluding hydrogens is 355 g/mol. The molecule has 0 nitrogen and oxygen atoms in total. The summed E-state index contributed by atoms with van der Waals surface area (Å²) in [6.07, 6.45) is 15.8. The first-order valence-corrected chi connectivity index (χ1v) is 12.1. The minimum Gasteiger partial charge on any atom is -0.207 e. The van der Waals surface area contributed by atoms with E-state index in [1.807, 2.05) is 12.1 Å². The molecule has 0 amide bonds. The highest BCUT2D eigenvalue weighted by Gasteiger charge is 2.35. The first-order valence-electron chi connectivity index (χ1n) is 12.1. The van der Waals surface area contributed by atoms with Crippen molar-refractivity contribution in [3.8, 4) is 11.1 Å². The van der Waals surface area contributed by atoms with Crippen LogP contribution < -0.4 is 0 Å². The molecule has 0 bridgehead atoms. The number of hydrogen-bond donors (Lipinski definition) is 0. The van der Waals surface area contributed by atoms with E-state index >= 15 is 0 Å². The summed E-state index contributed by atoms with van der Waals surface area (Å²) in [7, 11) is 0. The maximum Gasteiger partial charge on any atom is 0.123 e. The molecule has 4 rings (SSSR count). The van der Waals surface area contributed by atoms with Gasteiger partial charge >= 0.3 is 0 Å². The highest BCUT2D eigenvalue weighted by molar-refractivity contribution is 5.63. The summed E-state index contributed by atoms with van der Waals surface area (Å²) in [5, 5.41) is 0. The van der Waals surface area contributed by atoms with E-state index < -0.39 is 0 Å². The van der Waals surface area contributed by atoms with Crippen molar-refractivity contribution in [3.05, 3.63) is 59.9 Å². The topological polar surface area (TPSA) is 0 Å². The van der Waals surface area contributed by atoms with E-state index in [4.69, 9.17) is 0 Å². The Kier molecular flexibility index (Phi) is 7.06.